The molecule has 22 heavy (non-hydrogen) atoms. The molecular formula is C18H36N2O2. The van der Waals surface area contributed by atoms with E-state index >= 15 is 0 Å². The second-order valence-electron chi connectivity index (χ2n) is 7.69. The van der Waals surface area contributed by atoms with Crippen LogP contribution in [0, 0.1) is 11.8 Å². The first-order valence-electron chi connectivity index (χ1n) is 9.08. The van der Waals surface area contributed by atoms with Gasteiger partial charge < -0.3 is 15.4 Å². The van der Waals surface area contributed by atoms with Gasteiger partial charge in [-0.2, -0.15) is 0 Å². The van der Waals surface area contributed by atoms with E-state index in [2.05, 4.69) is 17.6 Å². The molecule has 2 atom stereocenters. The highest BCUT2D eigenvalue weighted by molar-refractivity contribution is 5.67. The summed E-state index contributed by atoms with van der Waals surface area (Å²) < 4.78 is 5.30. The number of alkyl carbamates (subject to hydrolysis) is 1. The minimum Gasteiger partial charge on any atom is -0.444 e. The Bertz CT molecular complexity index is 313. The molecule has 4 nitrogen and oxygen atoms in total. The molecule has 1 aliphatic rings. The van der Waals surface area contributed by atoms with E-state index in [4.69, 9.17) is 4.74 Å². The first-order chi connectivity index (χ1) is 10.4. The quantitative estimate of drug-likeness (QED) is 0.664. The van der Waals surface area contributed by atoms with Crippen LogP contribution in [-0.4, -0.2) is 31.3 Å². The lowest BCUT2D eigenvalue weighted by molar-refractivity contribution is 0.0512. The number of rotatable bonds is 8. The Balaban J connectivity index is 2.16. The summed E-state index contributed by atoms with van der Waals surface area (Å²) in [6, 6.07) is 0. The van der Waals surface area contributed by atoms with Gasteiger partial charge in [-0.25, -0.2) is 4.79 Å². The standard InChI is InChI=1S/C18H36N2O2/c1-5-6-7-11-19-13-15-9-8-10-16(12-15)14-20-17(21)22-18(2,3)4/h15-16,19H,5-14H2,1-4H3,(H,20,21)/t15-,16?/m1/s1. The average molecular weight is 312 g/mol. The van der Waals surface area contributed by atoms with Crippen LogP contribution in [0.1, 0.15) is 72.6 Å². The number of nitrogens with one attached hydrogen (secondary N) is 2. The molecule has 1 aliphatic carbocycles. The van der Waals surface area contributed by atoms with Crippen molar-refractivity contribution in [2.45, 2.75) is 78.2 Å². The van der Waals surface area contributed by atoms with Gasteiger partial charge in [0.15, 0.2) is 0 Å². The molecule has 0 saturated heterocycles. The van der Waals surface area contributed by atoms with Crippen LogP contribution in [0.2, 0.25) is 0 Å². The van der Waals surface area contributed by atoms with Crippen LogP contribution >= 0.6 is 0 Å². The van der Waals surface area contributed by atoms with Gasteiger partial charge in [0.25, 0.3) is 0 Å². The summed E-state index contributed by atoms with van der Waals surface area (Å²) in [6.45, 7) is 11.0. The van der Waals surface area contributed by atoms with Crippen molar-refractivity contribution < 1.29 is 9.53 Å². The van der Waals surface area contributed by atoms with Crippen molar-refractivity contribution in [3.8, 4) is 0 Å². The largest absolute Gasteiger partial charge is 0.444 e. The molecule has 0 spiro atoms. The number of carbonyl (C=O) groups is 1. The van der Waals surface area contributed by atoms with Crippen LogP contribution in [0.25, 0.3) is 0 Å². The summed E-state index contributed by atoms with van der Waals surface area (Å²) in [5.41, 5.74) is -0.415. The zero-order valence-electron chi connectivity index (χ0n) is 15.0. The third-order valence-electron chi connectivity index (χ3n) is 4.22. The number of hydrogen-bond acceptors (Lipinski definition) is 3. The maximum atomic E-state index is 11.7. The predicted molar refractivity (Wildman–Crippen MR) is 92.1 cm³/mol. The normalized spacial score (nSPS) is 22.4. The van der Waals surface area contributed by atoms with Crippen LogP contribution in [0.4, 0.5) is 4.79 Å². The topological polar surface area (TPSA) is 50.4 Å². The molecule has 130 valence electrons. The maximum Gasteiger partial charge on any atom is 0.407 e. The van der Waals surface area contributed by atoms with Gasteiger partial charge in [0.05, 0.1) is 0 Å². The van der Waals surface area contributed by atoms with Crippen LogP contribution in [0.3, 0.4) is 0 Å². The van der Waals surface area contributed by atoms with Crippen molar-refractivity contribution in [2.24, 2.45) is 11.8 Å². The first kappa shape index (κ1) is 19.3. The SMILES string of the molecule is CCCCCNC[C@@H]1CCCC(CNC(=O)OC(C)(C)C)C1. The van der Waals surface area contributed by atoms with E-state index in [0.29, 0.717) is 5.92 Å². The third-order valence-corrected chi connectivity index (χ3v) is 4.22. The van der Waals surface area contributed by atoms with Gasteiger partial charge in [0.1, 0.15) is 5.60 Å². The van der Waals surface area contributed by atoms with Crippen molar-refractivity contribution >= 4 is 6.09 Å². The molecule has 0 aromatic heterocycles. The Morgan fingerprint density at radius 3 is 2.45 bits per heavy atom. The van der Waals surface area contributed by atoms with Crippen molar-refractivity contribution in [3.05, 3.63) is 0 Å². The van der Waals surface area contributed by atoms with Crippen LogP contribution in [-0.2, 0) is 4.74 Å². The zero-order valence-corrected chi connectivity index (χ0v) is 15.0. The van der Waals surface area contributed by atoms with E-state index < -0.39 is 5.60 Å². The predicted octanol–water partition coefficient (Wildman–Crippen LogP) is 4.10. The van der Waals surface area contributed by atoms with Crippen molar-refractivity contribution in [2.75, 3.05) is 19.6 Å². The van der Waals surface area contributed by atoms with Crippen LogP contribution in [0.5, 0.6) is 0 Å². The van der Waals surface area contributed by atoms with E-state index in [1.54, 1.807) is 0 Å². The summed E-state index contributed by atoms with van der Waals surface area (Å²) in [7, 11) is 0. The fourth-order valence-electron chi connectivity index (χ4n) is 3.12. The van der Waals surface area contributed by atoms with Crippen molar-refractivity contribution in [1.82, 2.24) is 10.6 Å². The Labute approximate surface area is 136 Å². The zero-order chi connectivity index (χ0) is 16.4. The molecule has 1 amide bonds. The van der Waals surface area contributed by atoms with Crippen molar-refractivity contribution in [3.63, 3.8) is 0 Å². The Hall–Kier alpha value is -0.770. The monoisotopic (exact) mass is 312 g/mol. The van der Waals surface area contributed by atoms with E-state index in [-0.39, 0.29) is 6.09 Å². The molecule has 1 saturated carbocycles. The first-order valence-corrected chi connectivity index (χ1v) is 9.08. The minimum atomic E-state index is -0.415. The van der Waals surface area contributed by atoms with Crippen LogP contribution < -0.4 is 10.6 Å². The van der Waals surface area contributed by atoms with E-state index in [1.165, 1.54) is 44.9 Å². The summed E-state index contributed by atoms with van der Waals surface area (Å²) in [5, 5.41) is 6.53. The highest BCUT2D eigenvalue weighted by atomic mass is 16.6. The molecule has 0 radical (unpaired) electrons. The highest BCUT2D eigenvalue weighted by Crippen LogP contribution is 2.28. The number of amides is 1. The summed E-state index contributed by atoms with van der Waals surface area (Å²) in [4.78, 5) is 11.7. The molecule has 1 unspecified atom stereocenters. The smallest absolute Gasteiger partial charge is 0.407 e. The summed E-state index contributed by atoms with van der Waals surface area (Å²) in [6.07, 6.45) is 8.65. The molecule has 0 heterocycles. The van der Waals surface area contributed by atoms with E-state index in [9.17, 15) is 4.79 Å². The molecular weight excluding hydrogens is 276 g/mol. The lowest BCUT2D eigenvalue weighted by Crippen LogP contribution is -2.37. The number of hydrogen-bond donors (Lipinski definition) is 2. The van der Waals surface area contributed by atoms with Gasteiger partial charge in [-0.15, -0.1) is 0 Å². The summed E-state index contributed by atoms with van der Waals surface area (Å²) >= 11 is 0. The van der Waals surface area contributed by atoms with Gasteiger partial charge in [-0.05, 0) is 71.4 Å². The van der Waals surface area contributed by atoms with Gasteiger partial charge in [-0.3, -0.25) is 0 Å². The van der Waals surface area contributed by atoms with E-state index in [1.807, 2.05) is 20.8 Å². The number of ether oxygens (including phenoxy) is 1. The number of carbonyl (C=O) groups excluding carboxylic acids is 1. The van der Waals surface area contributed by atoms with Crippen LogP contribution in [0.15, 0.2) is 0 Å². The molecule has 1 rings (SSSR count). The minimum absolute atomic E-state index is 0.285. The van der Waals surface area contributed by atoms with Gasteiger partial charge in [-0.1, -0.05) is 26.2 Å². The summed E-state index contributed by atoms with van der Waals surface area (Å²) in [5.74, 6) is 1.37. The Morgan fingerprint density at radius 1 is 1.14 bits per heavy atom. The fraction of sp³-hybridized carbons (Fsp3) is 0.944. The second kappa shape index (κ2) is 10.1. The molecule has 4 heteroatoms. The molecule has 0 bridgehead atoms. The van der Waals surface area contributed by atoms with Gasteiger partial charge in [0.2, 0.25) is 0 Å². The number of unbranched alkanes of at least 4 members (excludes halogenated alkanes) is 2. The average Bonchev–Trinajstić information content (AvgIpc) is 2.44. The van der Waals surface area contributed by atoms with Crippen molar-refractivity contribution in [1.29, 1.82) is 0 Å². The highest BCUT2D eigenvalue weighted by Gasteiger charge is 2.23. The van der Waals surface area contributed by atoms with Gasteiger partial charge >= 0.3 is 6.09 Å². The second-order valence-corrected chi connectivity index (χ2v) is 7.69. The molecule has 2 N–H and O–H groups in total. The maximum absolute atomic E-state index is 11.7. The lowest BCUT2D eigenvalue weighted by Gasteiger charge is -2.30. The van der Waals surface area contributed by atoms with Gasteiger partial charge in [0, 0.05) is 6.54 Å². The lowest BCUT2D eigenvalue weighted by atomic mass is 9.81. The molecule has 0 aromatic carbocycles. The molecule has 0 aliphatic heterocycles. The Kier molecular flexibility index (Phi) is 8.84. The third kappa shape index (κ3) is 9.29. The van der Waals surface area contributed by atoms with E-state index in [0.717, 1.165) is 25.6 Å². The fourth-order valence-corrected chi connectivity index (χ4v) is 3.12. The Morgan fingerprint density at radius 2 is 1.82 bits per heavy atom. The molecule has 0 aromatic rings. The molecule has 1 fully saturated rings.